The number of aryl methyl sites for hydroxylation is 1. The van der Waals surface area contributed by atoms with Gasteiger partial charge in [0.2, 0.25) is 5.13 Å². The van der Waals surface area contributed by atoms with E-state index in [1.807, 2.05) is 66.2 Å². The van der Waals surface area contributed by atoms with Gasteiger partial charge in [-0.3, -0.25) is 4.79 Å². The summed E-state index contributed by atoms with van der Waals surface area (Å²) in [5, 5.41) is 8.96. The highest BCUT2D eigenvalue weighted by Gasteiger charge is 2.35. The molecule has 1 atom stereocenters. The van der Waals surface area contributed by atoms with E-state index in [9.17, 15) is 4.79 Å². The maximum atomic E-state index is 13.3. The average molecular weight is 441 g/mol. The van der Waals surface area contributed by atoms with Crippen LogP contribution in [-0.2, 0) is 6.42 Å². The Morgan fingerprint density at radius 1 is 1.06 bits per heavy atom. The van der Waals surface area contributed by atoms with Gasteiger partial charge >= 0.3 is 0 Å². The molecule has 6 rings (SSSR count). The Morgan fingerprint density at radius 3 is 2.69 bits per heavy atom. The van der Waals surface area contributed by atoms with Crippen LogP contribution in [0.2, 0.25) is 0 Å². The number of hydrogen-bond acceptors (Lipinski definition) is 6. The van der Waals surface area contributed by atoms with E-state index in [0.717, 1.165) is 32.5 Å². The summed E-state index contributed by atoms with van der Waals surface area (Å²) in [6, 6.07) is 19.9. The number of nitrogens with zero attached hydrogens (tertiary/aromatic N) is 3. The smallest absolute Gasteiger partial charge is 0.211 e. The first-order chi connectivity index (χ1) is 15.7. The lowest BCUT2D eigenvalue weighted by Crippen LogP contribution is -2.20. The van der Waals surface area contributed by atoms with E-state index in [1.54, 1.807) is 17.6 Å². The molecule has 158 valence electrons. The molecule has 5 aromatic rings. The number of rotatable bonds is 4. The summed E-state index contributed by atoms with van der Waals surface area (Å²) in [5.74, 6) is 1.46. The Balaban J connectivity index is 1.49. The predicted octanol–water partition coefficient (Wildman–Crippen LogP) is 6.04. The summed E-state index contributed by atoms with van der Waals surface area (Å²) >= 11 is 1.57. The molecule has 0 aliphatic heterocycles. The Bertz CT molecular complexity index is 1400. The number of para-hydroxylation sites is 1. The Morgan fingerprint density at radius 2 is 1.91 bits per heavy atom. The molecule has 1 aliphatic carbocycles. The lowest BCUT2D eigenvalue weighted by Gasteiger charge is -2.20. The second-order valence-electron chi connectivity index (χ2n) is 8.08. The highest BCUT2D eigenvalue weighted by molar-refractivity contribution is 7.20. The average Bonchev–Trinajstić information content (AvgIpc) is 3.54. The Hall–Kier alpha value is -3.71. The summed E-state index contributed by atoms with van der Waals surface area (Å²) in [7, 11) is 0. The molecule has 0 saturated carbocycles. The van der Waals surface area contributed by atoms with Crippen molar-refractivity contribution in [2.45, 2.75) is 25.7 Å². The molecule has 0 amide bonds. The van der Waals surface area contributed by atoms with Crippen LogP contribution < -0.4 is 5.32 Å². The molecule has 0 radical (unpaired) electrons. The third kappa shape index (κ3) is 3.22. The van der Waals surface area contributed by atoms with Crippen LogP contribution in [0.15, 0.2) is 71.3 Å². The zero-order valence-electron chi connectivity index (χ0n) is 17.4. The van der Waals surface area contributed by atoms with Crippen LogP contribution in [-0.4, -0.2) is 20.5 Å². The number of fused-ring (bicyclic) bond motifs is 2. The molecule has 1 N–H and O–H groups in total. The SMILES string of the molecule is Cc1ccc(Nc2nn(-c3nc4ccccc4s3)c3c2C(=O)CC(c2ccco2)C3)cc1. The second kappa shape index (κ2) is 7.46. The fraction of sp³-hybridized carbons (Fsp3) is 0.160. The molecular weight excluding hydrogens is 420 g/mol. The molecule has 1 unspecified atom stereocenters. The van der Waals surface area contributed by atoms with Crippen molar-refractivity contribution in [2.75, 3.05) is 5.32 Å². The van der Waals surface area contributed by atoms with E-state index in [-0.39, 0.29) is 11.7 Å². The van der Waals surface area contributed by atoms with Crippen molar-refractivity contribution < 1.29 is 9.21 Å². The van der Waals surface area contributed by atoms with Crippen LogP contribution in [0.5, 0.6) is 0 Å². The third-order valence-electron chi connectivity index (χ3n) is 5.86. The summed E-state index contributed by atoms with van der Waals surface area (Å²) in [5.41, 5.74) is 4.52. The molecule has 0 bridgehead atoms. The lowest BCUT2D eigenvalue weighted by atomic mass is 9.85. The van der Waals surface area contributed by atoms with Gasteiger partial charge in [-0.15, -0.1) is 5.10 Å². The number of nitrogens with one attached hydrogen (secondary N) is 1. The first-order valence-electron chi connectivity index (χ1n) is 10.5. The maximum Gasteiger partial charge on any atom is 0.211 e. The first-order valence-corrected chi connectivity index (χ1v) is 11.4. The highest BCUT2D eigenvalue weighted by Crippen LogP contribution is 2.39. The minimum Gasteiger partial charge on any atom is -0.469 e. The van der Waals surface area contributed by atoms with Crippen molar-refractivity contribution in [3.8, 4) is 5.13 Å². The van der Waals surface area contributed by atoms with Crippen molar-refractivity contribution in [3.63, 3.8) is 0 Å². The number of furan rings is 1. The van der Waals surface area contributed by atoms with Gasteiger partial charge in [0.1, 0.15) is 5.76 Å². The van der Waals surface area contributed by atoms with Crippen molar-refractivity contribution in [1.82, 2.24) is 14.8 Å². The van der Waals surface area contributed by atoms with E-state index in [2.05, 4.69) is 11.4 Å². The number of benzene rings is 2. The van der Waals surface area contributed by atoms with Crippen molar-refractivity contribution in [2.24, 2.45) is 0 Å². The quantitative estimate of drug-likeness (QED) is 0.369. The molecule has 1 aliphatic rings. The van der Waals surface area contributed by atoms with Crippen LogP contribution in [0.3, 0.4) is 0 Å². The van der Waals surface area contributed by atoms with Gasteiger partial charge in [-0.05, 0) is 43.3 Å². The molecule has 2 aromatic carbocycles. The van der Waals surface area contributed by atoms with Gasteiger partial charge in [0.25, 0.3) is 0 Å². The monoisotopic (exact) mass is 440 g/mol. The largest absolute Gasteiger partial charge is 0.469 e. The number of aromatic nitrogens is 3. The molecule has 3 heterocycles. The van der Waals surface area contributed by atoms with Crippen LogP contribution in [0.25, 0.3) is 15.3 Å². The van der Waals surface area contributed by atoms with E-state index in [0.29, 0.717) is 24.2 Å². The van der Waals surface area contributed by atoms with Crippen LogP contribution in [0.4, 0.5) is 11.5 Å². The molecule has 0 saturated heterocycles. The normalized spacial score (nSPS) is 15.8. The molecule has 32 heavy (non-hydrogen) atoms. The zero-order valence-corrected chi connectivity index (χ0v) is 18.2. The van der Waals surface area contributed by atoms with E-state index in [1.165, 1.54) is 5.56 Å². The summed E-state index contributed by atoms with van der Waals surface area (Å²) in [6.07, 6.45) is 2.71. The minimum atomic E-state index is -0.0120. The van der Waals surface area contributed by atoms with Gasteiger partial charge in [-0.1, -0.05) is 41.2 Å². The fourth-order valence-electron chi connectivity index (χ4n) is 4.26. The number of hydrogen-bond donors (Lipinski definition) is 1. The number of carbonyl (C=O) groups is 1. The zero-order chi connectivity index (χ0) is 21.7. The fourth-order valence-corrected chi connectivity index (χ4v) is 5.20. The first kappa shape index (κ1) is 19.0. The minimum absolute atomic E-state index is 0.0120. The molecule has 0 spiro atoms. The summed E-state index contributed by atoms with van der Waals surface area (Å²) < 4.78 is 8.56. The molecule has 3 aromatic heterocycles. The predicted molar refractivity (Wildman–Crippen MR) is 125 cm³/mol. The van der Waals surface area contributed by atoms with E-state index in [4.69, 9.17) is 14.5 Å². The van der Waals surface area contributed by atoms with E-state index >= 15 is 0 Å². The highest BCUT2D eigenvalue weighted by atomic mass is 32.1. The van der Waals surface area contributed by atoms with Crippen molar-refractivity contribution in [1.29, 1.82) is 0 Å². The summed E-state index contributed by atoms with van der Waals surface area (Å²) in [6.45, 7) is 2.05. The van der Waals surface area contributed by atoms with E-state index < -0.39 is 0 Å². The number of thiazole rings is 1. The van der Waals surface area contributed by atoms with Gasteiger partial charge in [-0.2, -0.15) is 0 Å². The molecular formula is C25H20N4O2S. The number of carbonyl (C=O) groups excluding carboxylic acids is 1. The standard InChI is InChI=1S/C25H20N4O2S/c1-15-8-10-17(11-9-15)26-24-23-19(13-16(14-20(23)30)21-6-4-12-31-21)29(28-24)25-27-18-5-2-3-7-22(18)32-25/h2-12,16H,13-14H2,1H3,(H,26,28). The number of Topliss-reactive ketones (excluding diaryl/α,β-unsaturated/α-hetero) is 1. The summed E-state index contributed by atoms with van der Waals surface area (Å²) in [4.78, 5) is 18.1. The maximum absolute atomic E-state index is 13.3. The van der Waals surface area contributed by atoms with Gasteiger partial charge in [0.05, 0.1) is 27.7 Å². The van der Waals surface area contributed by atoms with Crippen LogP contribution in [0, 0.1) is 6.92 Å². The third-order valence-corrected chi connectivity index (χ3v) is 6.87. The van der Waals surface area contributed by atoms with Crippen LogP contribution in [0.1, 0.15) is 39.7 Å². The number of ketones is 1. The van der Waals surface area contributed by atoms with Gasteiger partial charge in [-0.25, -0.2) is 9.67 Å². The lowest BCUT2D eigenvalue weighted by molar-refractivity contribution is 0.0960. The second-order valence-corrected chi connectivity index (χ2v) is 9.09. The van der Waals surface area contributed by atoms with Crippen molar-refractivity contribution >= 4 is 38.8 Å². The Kier molecular flexibility index (Phi) is 4.43. The Labute approximate surface area is 188 Å². The van der Waals surface area contributed by atoms with Gasteiger partial charge < -0.3 is 9.73 Å². The molecule has 6 nitrogen and oxygen atoms in total. The molecule has 0 fully saturated rings. The van der Waals surface area contributed by atoms with Crippen LogP contribution >= 0.6 is 11.3 Å². The van der Waals surface area contributed by atoms with Gasteiger partial charge in [0, 0.05) is 24.4 Å². The van der Waals surface area contributed by atoms with Gasteiger partial charge in [0.15, 0.2) is 11.6 Å². The number of anilines is 2. The molecule has 7 heteroatoms. The topological polar surface area (TPSA) is 73.0 Å². The van der Waals surface area contributed by atoms with Crippen molar-refractivity contribution in [3.05, 3.63) is 89.5 Å².